The van der Waals surface area contributed by atoms with Crippen LogP contribution in [0.25, 0.3) is 0 Å². The monoisotopic (exact) mass is 224 g/mol. The number of likely N-dealkylation sites (tertiary alicyclic amines) is 1. The van der Waals surface area contributed by atoms with Gasteiger partial charge in [-0.15, -0.1) is 0 Å². The van der Waals surface area contributed by atoms with Gasteiger partial charge in [-0.1, -0.05) is 6.92 Å². The molecule has 3 nitrogen and oxygen atoms in total. The van der Waals surface area contributed by atoms with Gasteiger partial charge in [0.05, 0.1) is 0 Å². The quantitative estimate of drug-likeness (QED) is 0.794. The fourth-order valence-corrected chi connectivity index (χ4v) is 2.83. The highest BCUT2D eigenvalue weighted by molar-refractivity contribution is 5.85. The zero-order valence-electron chi connectivity index (χ0n) is 10.5. The molecule has 92 valence electrons. The summed E-state index contributed by atoms with van der Waals surface area (Å²) < 4.78 is 0. The van der Waals surface area contributed by atoms with Crippen LogP contribution in [0.1, 0.15) is 46.0 Å². The summed E-state index contributed by atoms with van der Waals surface area (Å²) in [5.41, 5.74) is 5.95. The zero-order chi connectivity index (χ0) is 11.8. The maximum Gasteiger partial charge on any atom is 0.228 e. The minimum absolute atomic E-state index is 0.0428. The van der Waals surface area contributed by atoms with Crippen molar-refractivity contribution in [3.8, 4) is 0 Å². The molecule has 1 amide bonds. The molecule has 0 radical (unpaired) electrons. The molecule has 16 heavy (non-hydrogen) atoms. The number of carbonyl (C=O) groups excluding carboxylic acids is 1. The summed E-state index contributed by atoms with van der Waals surface area (Å²) >= 11 is 0. The summed E-state index contributed by atoms with van der Waals surface area (Å²) in [6.45, 7) is 6.07. The molecular weight excluding hydrogens is 200 g/mol. The lowest BCUT2D eigenvalue weighted by atomic mass is 9.90. The van der Waals surface area contributed by atoms with E-state index in [-0.39, 0.29) is 11.5 Å². The number of nitrogens with zero attached hydrogens (tertiary/aromatic N) is 1. The normalized spacial score (nSPS) is 26.6. The van der Waals surface area contributed by atoms with Crippen LogP contribution in [0.2, 0.25) is 0 Å². The maximum absolute atomic E-state index is 12.3. The van der Waals surface area contributed by atoms with Gasteiger partial charge in [-0.25, -0.2) is 0 Å². The van der Waals surface area contributed by atoms with Gasteiger partial charge in [-0.3, -0.25) is 4.79 Å². The van der Waals surface area contributed by atoms with E-state index in [2.05, 4.69) is 18.7 Å². The molecule has 1 saturated heterocycles. The molecule has 1 unspecified atom stereocenters. The Morgan fingerprint density at radius 3 is 2.38 bits per heavy atom. The number of carbonyl (C=O) groups is 1. The highest BCUT2D eigenvalue weighted by Gasteiger charge is 2.50. The number of nitrogens with two attached hydrogens (primary N) is 1. The Labute approximate surface area is 98.4 Å². The molecule has 2 fully saturated rings. The second-order valence-electron chi connectivity index (χ2n) is 5.62. The Morgan fingerprint density at radius 2 is 2.00 bits per heavy atom. The second-order valence-corrected chi connectivity index (χ2v) is 5.62. The van der Waals surface area contributed by atoms with E-state index in [1.54, 1.807) is 0 Å². The van der Waals surface area contributed by atoms with Crippen molar-refractivity contribution < 1.29 is 4.79 Å². The van der Waals surface area contributed by atoms with Crippen molar-refractivity contribution in [2.24, 2.45) is 17.1 Å². The standard InChI is InChI=1S/C13H24N2O/c1-3-13(6-7-13)12(16)15-8-4-11(5-9-15)10(2)14/h10-11H,3-9,14H2,1-2H3. The molecule has 0 bridgehead atoms. The Hall–Kier alpha value is -0.570. The topological polar surface area (TPSA) is 46.3 Å². The van der Waals surface area contributed by atoms with E-state index in [9.17, 15) is 4.79 Å². The molecule has 1 atom stereocenters. The van der Waals surface area contributed by atoms with Crippen LogP contribution in [0.5, 0.6) is 0 Å². The molecule has 0 spiro atoms. The van der Waals surface area contributed by atoms with Gasteiger partial charge in [0.15, 0.2) is 0 Å². The predicted molar refractivity (Wildman–Crippen MR) is 64.9 cm³/mol. The predicted octanol–water partition coefficient (Wildman–Crippen LogP) is 1.76. The Morgan fingerprint density at radius 1 is 1.44 bits per heavy atom. The van der Waals surface area contributed by atoms with Crippen LogP contribution in [0.15, 0.2) is 0 Å². The summed E-state index contributed by atoms with van der Waals surface area (Å²) in [4.78, 5) is 14.4. The van der Waals surface area contributed by atoms with Crippen LogP contribution >= 0.6 is 0 Å². The van der Waals surface area contributed by atoms with Gasteiger partial charge in [0, 0.05) is 24.5 Å². The summed E-state index contributed by atoms with van der Waals surface area (Å²) in [5, 5.41) is 0. The van der Waals surface area contributed by atoms with E-state index in [0.29, 0.717) is 11.8 Å². The SMILES string of the molecule is CCC1(C(=O)N2CCC(C(C)N)CC2)CC1. The van der Waals surface area contributed by atoms with Crippen LogP contribution in [0.4, 0.5) is 0 Å². The number of hydrogen-bond donors (Lipinski definition) is 1. The first kappa shape index (κ1) is 11.9. The fourth-order valence-electron chi connectivity index (χ4n) is 2.83. The summed E-state index contributed by atoms with van der Waals surface area (Å²) in [6.07, 6.45) is 5.40. The Bertz CT molecular complexity index is 263. The third-order valence-electron chi connectivity index (χ3n) is 4.55. The summed E-state index contributed by atoms with van der Waals surface area (Å²) in [6, 6.07) is 0.276. The molecule has 2 aliphatic rings. The largest absolute Gasteiger partial charge is 0.342 e. The molecular formula is C13H24N2O. The lowest BCUT2D eigenvalue weighted by Crippen LogP contribution is -2.45. The fraction of sp³-hybridized carbons (Fsp3) is 0.923. The third-order valence-corrected chi connectivity index (χ3v) is 4.55. The first-order chi connectivity index (χ1) is 7.59. The Kier molecular flexibility index (Phi) is 3.24. The second kappa shape index (κ2) is 4.36. The van der Waals surface area contributed by atoms with Gasteiger partial charge in [0.25, 0.3) is 0 Å². The van der Waals surface area contributed by atoms with E-state index >= 15 is 0 Å². The van der Waals surface area contributed by atoms with Crippen molar-refractivity contribution in [3.05, 3.63) is 0 Å². The molecule has 1 heterocycles. The van der Waals surface area contributed by atoms with Gasteiger partial charge in [-0.05, 0) is 44.9 Å². The molecule has 2 N–H and O–H groups in total. The van der Waals surface area contributed by atoms with Gasteiger partial charge in [0.1, 0.15) is 0 Å². The molecule has 0 aromatic rings. The summed E-state index contributed by atoms with van der Waals surface area (Å²) in [5.74, 6) is 1.03. The van der Waals surface area contributed by atoms with E-state index < -0.39 is 0 Å². The van der Waals surface area contributed by atoms with Crippen molar-refractivity contribution in [2.75, 3.05) is 13.1 Å². The highest BCUT2D eigenvalue weighted by Crippen LogP contribution is 2.50. The van der Waals surface area contributed by atoms with E-state index in [1.807, 2.05) is 0 Å². The number of rotatable bonds is 3. The minimum Gasteiger partial charge on any atom is -0.342 e. The maximum atomic E-state index is 12.3. The first-order valence-electron chi connectivity index (χ1n) is 6.64. The lowest BCUT2D eigenvalue weighted by molar-refractivity contribution is -0.138. The number of amides is 1. The van der Waals surface area contributed by atoms with Crippen LogP contribution in [0.3, 0.4) is 0 Å². The molecule has 1 aliphatic carbocycles. The van der Waals surface area contributed by atoms with Crippen LogP contribution in [0, 0.1) is 11.3 Å². The molecule has 2 rings (SSSR count). The molecule has 0 aromatic heterocycles. The van der Waals surface area contributed by atoms with Crippen molar-refractivity contribution >= 4 is 5.91 Å². The minimum atomic E-state index is 0.0428. The highest BCUT2D eigenvalue weighted by atomic mass is 16.2. The van der Waals surface area contributed by atoms with Gasteiger partial charge >= 0.3 is 0 Å². The number of hydrogen-bond acceptors (Lipinski definition) is 2. The lowest BCUT2D eigenvalue weighted by Gasteiger charge is -2.35. The average Bonchev–Trinajstić information content (AvgIpc) is 3.09. The van der Waals surface area contributed by atoms with Crippen molar-refractivity contribution in [1.29, 1.82) is 0 Å². The van der Waals surface area contributed by atoms with Gasteiger partial charge < -0.3 is 10.6 Å². The number of piperidine rings is 1. The zero-order valence-corrected chi connectivity index (χ0v) is 10.5. The van der Waals surface area contributed by atoms with Crippen LogP contribution < -0.4 is 5.73 Å². The third kappa shape index (κ3) is 2.10. The van der Waals surface area contributed by atoms with Gasteiger partial charge in [0.2, 0.25) is 5.91 Å². The molecule has 0 aromatic carbocycles. The summed E-state index contributed by atoms with van der Waals surface area (Å²) in [7, 11) is 0. The van der Waals surface area contributed by atoms with Crippen molar-refractivity contribution in [1.82, 2.24) is 4.90 Å². The van der Waals surface area contributed by atoms with E-state index in [0.717, 1.165) is 45.2 Å². The average molecular weight is 224 g/mol. The van der Waals surface area contributed by atoms with Crippen LogP contribution in [-0.2, 0) is 4.79 Å². The van der Waals surface area contributed by atoms with E-state index in [1.165, 1.54) is 0 Å². The smallest absolute Gasteiger partial charge is 0.228 e. The van der Waals surface area contributed by atoms with Crippen molar-refractivity contribution in [2.45, 2.75) is 52.0 Å². The van der Waals surface area contributed by atoms with E-state index in [4.69, 9.17) is 5.73 Å². The molecule has 3 heteroatoms. The Balaban J connectivity index is 1.87. The molecule has 1 aliphatic heterocycles. The van der Waals surface area contributed by atoms with Gasteiger partial charge in [-0.2, -0.15) is 0 Å². The molecule has 1 saturated carbocycles. The van der Waals surface area contributed by atoms with Crippen LogP contribution in [-0.4, -0.2) is 29.9 Å². The van der Waals surface area contributed by atoms with Crippen molar-refractivity contribution in [3.63, 3.8) is 0 Å². The first-order valence-corrected chi connectivity index (χ1v) is 6.64.